The summed E-state index contributed by atoms with van der Waals surface area (Å²) in [5.41, 5.74) is 7.27. The van der Waals surface area contributed by atoms with E-state index >= 15 is 0 Å². The van der Waals surface area contributed by atoms with Gasteiger partial charge >= 0.3 is 0 Å². The van der Waals surface area contributed by atoms with Crippen LogP contribution >= 0.6 is 11.6 Å². The summed E-state index contributed by atoms with van der Waals surface area (Å²) in [4.78, 5) is 8.44. The molecule has 1 aromatic carbocycles. The molecule has 2 aromatic heterocycles. The highest BCUT2D eigenvalue weighted by Gasteiger charge is 2.58. The fraction of sp³-hybridized carbons (Fsp3) is 0.478. The van der Waals surface area contributed by atoms with Crippen LogP contribution < -0.4 is 10.5 Å². The van der Waals surface area contributed by atoms with Gasteiger partial charge in [0.2, 0.25) is 0 Å². The van der Waals surface area contributed by atoms with E-state index in [2.05, 4.69) is 9.97 Å². The molecule has 0 amide bonds. The highest BCUT2D eigenvalue weighted by molar-refractivity contribution is 6.32. The fourth-order valence-electron chi connectivity index (χ4n) is 4.63. The summed E-state index contributed by atoms with van der Waals surface area (Å²) in [5.74, 6) is 0.125. The topological polar surface area (TPSA) is 114 Å². The van der Waals surface area contributed by atoms with E-state index in [4.69, 9.17) is 36.3 Å². The second-order valence-electron chi connectivity index (χ2n) is 9.23. The lowest BCUT2D eigenvalue weighted by molar-refractivity contribution is -0.207. The van der Waals surface area contributed by atoms with Crippen LogP contribution in [0.1, 0.15) is 44.6 Å². The molecule has 9 nitrogen and oxygen atoms in total. The van der Waals surface area contributed by atoms with Crippen LogP contribution in [0.2, 0.25) is 5.02 Å². The van der Waals surface area contributed by atoms with E-state index in [1.807, 2.05) is 30.7 Å². The Morgan fingerprint density at radius 1 is 1.21 bits per heavy atom. The third-order valence-electron chi connectivity index (χ3n) is 6.31. The highest BCUT2D eigenvalue weighted by Crippen LogP contribution is 2.47. The van der Waals surface area contributed by atoms with Crippen molar-refractivity contribution in [2.24, 2.45) is 0 Å². The van der Waals surface area contributed by atoms with Gasteiger partial charge in [-0.25, -0.2) is 9.97 Å². The number of hydrogen-bond donors (Lipinski definition) is 2. The number of benzene rings is 1. The van der Waals surface area contributed by atoms with Crippen molar-refractivity contribution in [2.75, 3.05) is 5.73 Å². The van der Waals surface area contributed by atoms with Crippen molar-refractivity contribution in [1.29, 1.82) is 0 Å². The molecular formula is C23H25ClN4O5. The van der Waals surface area contributed by atoms with Gasteiger partial charge < -0.3 is 34.4 Å². The summed E-state index contributed by atoms with van der Waals surface area (Å²) >= 11 is 6.31. The molecule has 3 fully saturated rings. The monoisotopic (exact) mass is 472 g/mol. The second kappa shape index (κ2) is 7.54. The number of nitrogens with zero attached hydrogens (tertiary/aromatic N) is 3. The molecule has 1 aliphatic carbocycles. The Morgan fingerprint density at radius 2 is 2.00 bits per heavy atom. The summed E-state index contributed by atoms with van der Waals surface area (Å²) < 4.78 is 26.5. The van der Waals surface area contributed by atoms with Gasteiger partial charge in [0.25, 0.3) is 0 Å². The Bertz CT molecular complexity index is 1210. The first-order valence-corrected chi connectivity index (χ1v) is 11.4. The quantitative estimate of drug-likeness (QED) is 0.581. The van der Waals surface area contributed by atoms with Gasteiger partial charge in [-0.3, -0.25) is 0 Å². The molecule has 33 heavy (non-hydrogen) atoms. The SMILES string of the molecule is CC1(C)O[C@H]2[C@@H](O1)[C@H](n1ccc3c(N)ncnc31)O[C@@H]2[C@H](O)c1ccc(Cl)c(OC2CC2)c1. The maximum absolute atomic E-state index is 11.4. The van der Waals surface area contributed by atoms with E-state index in [1.54, 1.807) is 18.2 Å². The number of halogens is 1. The standard InChI is InChI=1S/C23H25ClN4O5/c1-23(2)32-18-17(16(29)11-3-6-14(24)15(9-11)30-12-4-5-12)31-22(19(18)33-23)28-8-7-13-20(25)26-10-27-21(13)28/h3,6-10,12,16-19,22,29H,4-5H2,1-2H3,(H2,25,26,27)/t16-,17-,18-,19-,22-/m1/s1. The maximum atomic E-state index is 11.4. The highest BCUT2D eigenvalue weighted by atomic mass is 35.5. The molecule has 0 bridgehead atoms. The minimum Gasteiger partial charge on any atom is -0.489 e. The Labute approximate surface area is 195 Å². The summed E-state index contributed by atoms with van der Waals surface area (Å²) in [6.07, 6.45) is 2.27. The number of fused-ring (bicyclic) bond motifs is 2. The average Bonchev–Trinajstić information content (AvgIpc) is 3.25. The van der Waals surface area contributed by atoms with Crippen molar-refractivity contribution < 1.29 is 24.1 Å². The molecule has 3 aliphatic rings. The molecule has 4 heterocycles. The minimum absolute atomic E-state index is 0.190. The molecule has 5 atom stereocenters. The molecule has 0 radical (unpaired) electrons. The van der Waals surface area contributed by atoms with Crippen LogP contribution in [0.3, 0.4) is 0 Å². The van der Waals surface area contributed by atoms with E-state index in [0.717, 1.165) is 18.2 Å². The Hall–Kier alpha value is -2.43. The molecule has 0 unspecified atom stereocenters. The van der Waals surface area contributed by atoms with Gasteiger partial charge in [-0.1, -0.05) is 17.7 Å². The van der Waals surface area contributed by atoms with Crippen molar-refractivity contribution in [3.8, 4) is 5.75 Å². The number of ether oxygens (including phenoxy) is 4. The van der Waals surface area contributed by atoms with Gasteiger partial charge in [0.05, 0.1) is 16.5 Å². The summed E-state index contributed by atoms with van der Waals surface area (Å²) in [6, 6.07) is 7.13. The molecule has 174 valence electrons. The van der Waals surface area contributed by atoms with Crippen molar-refractivity contribution >= 4 is 28.5 Å². The van der Waals surface area contributed by atoms with Crippen molar-refractivity contribution in [2.45, 2.75) is 69.2 Å². The van der Waals surface area contributed by atoms with E-state index in [9.17, 15) is 5.11 Å². The van der Waals surface area contributed by atoms with Crippen molar-refractivity contribution in [1.82, 2.24) is 14.5 Å². The summed E-state index contributed by atoms with van der Waals surface area (Å²) in [5, 5.41) is 12.6. The van der Waals surface area contributed by atoms with Gasteiger partial charge in [-0.2, -0.15) is 0 Å². The molecule has 2 aliphatic heterocycles. The molecular weight excluding hydrogens is 448 g/mol. The zero-order chi connectivity index (χ0) is 22.9. The molecule has 1 saturated carbocycles. The summed E-state index contributed by atoms with van der Waals surface area (Å²) in [6.45, 7) is 3.70. The number of aliphatic hydroxyl groups is 1. The van der Waals surface area contributed by atoms with Gasteiger partial charge in [0.15, 0.2) is 12.0 Å². The fourth-order valence-corrected chi connectivity index (χ4v) is 4.79. The lowest BCUT2D eigenvalue weighted by Gasteiger charge is -2.27. The van der Waals surface area contributed by atoms with Crippen LogP contribution in [0.5, 0.6) is 5.75 Å². The van der Waals surface area contributed by atoms with Crippen LogP contribution in [0.4, 0.5) is 5.82 Å². The van der Waals surface area contributed by atoms with E-state index < -0.39 is 36.4 Å². The molecule has 3 aromatic rings. The van der Waals surface area contributed by atoms with E-state index in [0.29, 0.717) is 27.8 Å². The van der Waals surface area contributed by atoms with Gasteiger partial charge in [0.1, 0.15) is 48.0 Å². The lowest BCUT2D eigenvalue weighted by atomic mass is 9.99. The average molecular weight is 473 g/mol. The third kappa shape index (κ3) is 3.64. The van der Waals surface area contributed by atoms with Gasteiger partial charge in [-0.15, -0.1) is 0 Å². The van der Waals surface area contributed by atoms with Crippen molar-refractivity contribution in [3.63, 3.8) is 0 Å². The van der Waals surface area contributed by atoms with Crippen LogP contribution in [-0.2, 0) is 14.2 Å². The molecule has 10 heteroatoms. The first-order valence-electron chi connectivity index (χ1n) is 11.0. The number of aliphatic hydroxyl groups excluding tert-OH is 1. The third-order valence-corrected chi connectivity index (χ3v) is 6.62. The second-order valence-corrected chi connectivity index (χ2v) is 9.63. The lowest BCUT2D eigenvalue weighted by Crippen LogP contribution is -2.34. The first kappa shape index (κ1) is 21.1. The summed E-state index contributed by atoms with van der Waals surface area (Å²) in [7, 11) is 0. The van der Waals surface area contributed by atoms with Crippen LogP contribution in [0, 0.1) is 0 Å². The minimum atomic E-state index is -0.986. The number of anilines is 1. The predicted octanol–water partition coefficient (Wildman–Crippen LogP) is 3.36. The predicted molar refractivity (Wildman–Crippen MR) is 120 cm³/mol. The smallest absolute Gasteiger partial charge is 0.164 e. The molecule has 3 N–H and O–H groups in total. The number of aromatic nitrogens is 3. The van der Waals surface area contributed by atoms with E-state index in [-0.39, 0.29) is 6.10 Å². The van der Waals surface area contributed by atoms with Crippen LogP contribution in [-0.4, -0.2) is 49.8 Å². The zero-order valence-corrected chi connectivity index (χ0v) is 19.0. The normalized spacial score (nSPS) is 29.3. The Balaban J connectivity index is 1.35. The number of nitrogens with two attached hydrogens (primary N) is 1. The van der Waals surface area contributed by atoms with Crippen LogP contribution in [0.25, 0.3) is 11.0 Å². The Kier molecular flexibility index (Phi) is 4.83. The van der Waals surface area contributed by atoms with Crippen molar-refractivity contribution in [3.05, 3.63) is 47.4 Å². The van der Waals surface area contributed by atoms with E-state index in [1.165, 1.54) is 6.33 Å². The van der Waals surface area contributed by atoms with Gasteiger partial charge in [0, 0.05) is 6.20 Å². The molecule has 2 saturated heterocycles. The first-order chi connectivity index (χ1) is 15.8. The Morgan fingerprint density at radius 3 is 2.79 bits per heavy atom. The van der Waals surface area contributed by atoms with Crippen LogP contribution in [0.15, 0.2) is 36.8 Å². The number of nitrogen functional groups attached to an aromatic ring is 1. The molecule has 0 spiro atoms. The van der Waals surface area contributed by atoms with Gasteiger partial charge in [-0.05, 0) is 50.5 Å². The maximum Gasteiger partial charge on any atom is 0.164 e. The number of rotatable bonds is 5. The molecule has 6 rings (SSSR count). The number of hydrogen-bond acceptors (Lipinski definition) is 8. The largest absolute Gasteiger partial charge is 0.489 e. The zero-order valence-electron chi connectivity index (χ0n) is 18.2.